The first-order valence-electron chi connectivity index (χ1n) is 8.04. The average Bonchev–Trinajstić information content (AvgIpc) is 3.35. The summed E-state index contributed by atoms with van der Waals surface area (Å²) < 4.78 is 14.3. The molecular weight excluding hydrogens is 389 g/mol. The maximum Gasteiger partial charge on any atom is 0.306 e. The molecule has 0 aliphatic heterocycles. The lowest BCUT2D eigenvalue weighted by Gasteiger charge is -2.06. The van der Waals surface area contributed by atoms with E-state index in [1.807, 2.05) is 0 Å². The lowest BCUT2D eigenvalue weighted by atomic mass is 10.2. The molecule has 2 N–H and O–H groups in total. The number of hydrogen-bond acceptors (Lipinski definition) is 6. The van der Waals surface area contributed by atoms with Crippen LogP contribution >= 0.6 is 11.3 Å². The van der Waals surface area contributed by atoms with E-state index in [1.54, 1.807) is 24.3 Å². The van der Waals surface area contributed by atoms with Crippen molar-refractivity contribution in [3.8, 4) is 10.4 Å². The molecule has 1 aromatic carbocycles. The lowest BCUT2D eigenvalue weighted by Crippen LogP contribution is -2.41. The summed E-state index contributed by atoms with van der Waals surface area (Å²) in [5.41, 5.74) is 5.20. The number of nitrogens with zero attached hydrogens (tertiary/aromatic N) is 3. The maximum atomic E-state index is 13.0. The van der Waals surface area contributed by atoms with Gasteiger partial charge >= 0.3 is 5.69 Å². The zero-order valence-electron chi connectivity index (χ0n) is 14.3. The molecule has 3 aromatic rings. The minimum absolute atomic E-state index is 0.0234. The SMILES string of the molecule is O=C(CCn1cc([N+](=O)[O-])cn1)NNC(=O)c1ccc(-c2ccc(F)cc2)s1. The molecule has 144 valence electrons. The monoisotopic (exact) mass is 403 g/mol. The quantitative estimate of drug-likeness (QED) is 0.484. The highest BCUT2D eigenvalue weighted by molar-refractivity contribution is 7.17. The van der Waals surface area contributed by atoms with Crippen molar-refractivity contribution in [2.75, 3.05) is 0 Å². The summed E-state index contributed by atoms with van der Waals surface area (Å²) in [6, 6.07) is 9.24. The number of nitrogens with one attached hydrogen (secondary N) is 2. The molecule has 28 heavy (non-hydrogen) atoms. The summed E-state index contributed by atoms with van der Waals surface area (Å²) >= 11 is 1.20. The first kappa shape index (κ1) is 19.2. The molecule has 0 aliphatic carbocycles. The molecule has 2 heterocycles. The van der Waals surface area contributed by atoms with Crippen molar-refractivity contribution in [3.05, 3.63) is 69.6 Å². The number of hydrogen-bond donors (Lipinski definition) is 2. The first-order valence-corrected chi connectivity index (χ1v) is 8.86. The van der Waals surface area contributed by atoms with Crippen LogP contribution in [0.5, 0.6) is 0 Å². The van der Waals surface area contributed by atoms with Crippen LogP contribution in [0.3, 0.4) is 0 Å². The molecule has 0 saturated carbocycles. The Kier molecular flexibility index (Phi) is 5.75. The number of halogens is 1. The van der Waals surface area contributed by atoms with E-state index in [4.69, 9.17) is 0 Å². The standard InChI is InChI=1S/C17H14FN5O4S/c18-12-3-1-11(2-4-12)14-5-6-15(28-14)17(25)21-20-16(24)7-8-22-10-13(9-19-22)23(26)27/h1-6,9-10H,7-8H2,(H,20,24)(H,21,25). The van der Waals surface area contributed by atoms with Crippen molar-refractivity contribution in [3.63, 3.8) is 0 Å². The van der Waals surface area contributed by atoms with Gasteiger partial charge in [-0.15, -0.1) is 11.3 Å². The zero-order valence-corrected chi connectivity index (χ0v) is 15.1. The van der Waals surface area contributed by atoms with E-state index in [-0.39, 0.29) is 24.5 Å². The van der Waals surface area contributed by atoms with Gasteiger partial charge in [-0.1, -0.05) is 12.1 Å². The third-order valence-corrected chi connectivity index (χ3v) is 4.81. The number of rotatable bonds is 6. The summed E-state index contributed by atoms with van der Waals surface area (Å²) in [7, 11) is 0. The molecule has 0 aliphatic rings. The van der Waals surface area contributed by atoms with Crippen LogP contribution in [0.25, 0.3) is 10.4 Å². The predicted molar refractivity (Wildman–Crippen MR) is 98.8 cm³/mol. The Morgan fingerprint density at radius 2 is 1.93 bits per heavy atom. The Hall–Kier alpha value is -3.60. The van der Waals surface area contributed by atoms with Gasteiger partial charge in [0.2, 0.25) is 5.91 Å². The highest BCUT2D eigenvalue weighted by Gasteiger charge is 2.13. The summed E-state index contributed by atoms with van der Waals surface area (Å²) in [4.78, 5) is 35.1. The van der Waals surface area contributed by atoms with Crippen LogP contribution in [0.4, 0.5) is 10.1 Å². The third-order valence-electron chi connectivity index (χ3n) is 3.67. The second-order valence-corrected chi connectivity index (χ2v) is 6.73. The Balaban J connectivity index is 1.49. The number of nitro groups is 1. The van der Waals surface area contributed by atoms with Gasteiger partial charge in [0.25, 0.3) is 5.91 Å². The molecule has 0 atom stereocenters. The molecule has 0 spiro atoms. The second-order valence-electron chi connectivity index (χ2n) is 5.64. The van der Waals surface area contributed by atoms with Crippen LogP contribution in [-0.4, -0.2) is 26.5 Å². The van der Waals surface area contributed by atoms with E-state index >= 15 is 0 Å². The smallest absolute Gasteiger partial charge is 0.273 e. The van der Waals surface area contributed by atoms with Gasteiger partial charge in [0.05, 0.1) is 16.3 Å². The Labute approximate surface area is 161 Å². The van der Waals surface area contributed by atoms with Crippen LogP contribution in [0, 0.1) is 15.9 Å². The number of aromatic nitrogens is 2. The Morgan fingerprint density at radius 3 is 2.61 bits per heavy atom. The topological polar surface area (TPSA) is 119 Å². The van der Waals surface area contributed by atoms with Gasteiger partial charge in [-0.05, 0) is 29.8 Å². The van der Waals surface area contributed by atoms with Crippen LogP contribution in [0.2, 0.25) is 0 Å². The molecule has 0 unspecified atom stereocenters. The predicted octanol–water partition coefficient (Wildman–Crippen LogP) is 2.51. The molecule has 0 saturated heterocycles. The second kappa shape index (κ2) is 8.39. The van der Waals surface area contributed by atoms with E-state index in [0.29, 0.717) is 4.88 Å². The molecule has 11 heteroatoms. The Bertz CT molecular complexity index is 1010. The van der Waals surface area contributed by atoms with Gasteiger partial charge in [0.15, 0.2) is 0 Å². The number of carbonyl (C=O) groups is 2. The van der Waals surface area contributed by atoms with Crippen LogP contribution in [0.15, 0.2) is 48.8 Å². The molecular formula is C17H14FN5O4S. The third kappa shape index (κ3) is 4.76. The van der Waals surface area contributed by atoms with Gasteiger partial charge in [-0.3, -0.25) is 35.2 Å². The van der Waals surface area contributed by atoms with Crippen molar-refractivity contribution < 1.29 is 18.9 Å². The average molecular weight is 403 g/mol. The fourth-order valence-electron chi connectivity index (χ4n) is 2.27. The molecule has 2 amide bonds. The van der Waals surface area contributed by atoms with Crippen molar-refractivity contribution in [1.82, 2.24) is 20.6 Å². The number of aryl methyl sites for hydroxylation is 1. The maximum absolute atomic E-state index is 13.0. The molecule has 3 rings (SSSR count). The number of benzene rings is 1. The van der Waals surface area contributed by atoms with Crippen molar-refractivity contribution in [1.29, 1.82) is 0 Å². The van der Waals surface area contributed by atoms with Crippen LogP contribution in [-0.2, 0) is 11.3 Å². The van der Waals surface area contributed by atoms with E-state index in [1.165, 1.54) is 34.3 Å². The summed E-state index contributed by atoms with van der Waals surface area (Å²) in [5.74, 6) is -1.30. The molecule has 2 aromatic heterocycles. The fourth-order valence-corrected chi connectivity index (χ4v) is 3.17. The minimum atomic E-state index is -0.578. The summed E-state index contributed by atoms with van der Waals surface area (Å²) in [6.45, 7) is 0.128. The minimum Gasteiger partial charge on any atom is -0.273 e. The van der Waals surface area contributed by atoms with Gasteiger partial charge in [0, 0.05) is 11.3 Å². The highest BCUT2D eigenvalue weighted by Crippen LogP contribution is 2.28. The van der Waals surface area contributed by atoms with E-state index in [2.05, 4.69) is 16.0 Å². The molecule has 0 radical (unpaired) electrons. The van der Waals surface area contributed by atoms with Crippen molar-refractivity contribution in [2.45, 2.75) is 13.0 Å². The normalized spacial score (nSPS) is 10.5. The van der Waals surface area contributed by atoms with Gasteiger partial charge in [-0.2, -0.15) is 5.10 Å². The van der Waals surface area contributed by atoms with Gasteiger partial charge in [0.1, 0.15) is 18.2 Å². The molecule has 0 fully saturated rings. The van der Waals surface area contributed by atoms with E-state index in [9.17, 15) is 24.1 Å². The summed E-state index contributed by atoms with van der Waals surface area (Å²) in [6.07, 6.45) is 2.29. The van der Waals surface area contributed by atoms with Gasteiger partial charge in [-0.25, -0.2) is 4.39 Å². The van der Waals surface area contributed by atoms with Crippen molar-refractivity contribution >= 4 is 28.8 Å². The number of carbonyl (C=O) groups excluding carboxylic acids is 2. The zero-order chi connectivity index (χ0) is 20.1. The molecule has 9 nitrogen and oxygen atoms in total. The molecule has 0 bridgehead atoms. The van der Waals surface area contributed by atoms with Crippen molar-refractivity contribution in [2.24, 2.45) is 0 Å². The Morgan fingerprint density at radius 1 is 1.18 bits per heavy atom. The van der Waals surface area contributed by atoms with E-state index < -0.39 is 16.7 Å². The van der Waals surface area contributed by atoms with Crippen LogP contribution < -0.4 is 10.9 Å². The first-order chi connectivity index (χ1) is 13.4. The van der Waals surface area contributed by atoms with Crippen LogP contribution in [0.1, 0.15) is 16.1 Å². The highest BCUT2D eigenvalue weighted by atomic mass is 32.1. The number of hydrazine groups is 1. The largest absolute Gasteiger partial charge is 0.306 e. The van der Waals surface area contributed by atoms with E-state index in [0.717, 1.165) is 16.6 Å². The summed E-state index contributed by atoms with van der Waals surface area (Å²) in [5, 5.41) is 14.4. The number of thiophene rings is 1. The van der Waals surface area contributed by atoms with Gasteiger partial charge < -0.3 is 0 Å². The fraction of sp³-hybridized carbons (Fsp3) is 0.118. The number of amides is 2. The lowest BCUT2D eigenvalue weighted by molar-refractivity contribution is -0.385.